The second kappa shape index (κ2) is 7.33. The SMILES string of the molecule is O=C(O)C(O)(c1ccccc1)c1ccc(B(O)O)cc1C1CC2CCN1CC2. The third-order valence-corrected chi connectivity index (χ3v) is 6.27. The van der Waals surface area contributed by atoms with Crippen molar-refractivity contribution >= 4 is 18.6 Å². The maximum Gasteiger partial charge on any atom is 0.488 e. The van der Waals surface area contributed by atoms with Crippen molar-refractivity contribution in [3.8, 4) is 0 Å². The number of hydrogen-bond acceptors (Lipinski definition) is 5. The zero-order valence-corrected chi connectivity index (χ0v) is 15.5. The Kier molecular flexibility index (Phi) is 5.01. The van der Waals surface area contributed by atoms with Crippen molar-refractivity contribution in [1.82, 2.24) is 4.90 Å². The largest absolute Gasteiger partial charge is 0.488 e. The quantitative estimate of drug-likeness (QED) is 0.573. The second-order valence-electron chi connectivity index (χ2n) is 7.83. The lowest BCUT2D eigenvalue weighted by Gasteiger charge is -2.47. The third kappa shape index (κ3) is 3.14. The van der Waals surface area contributed by atoms with E-state index in [1.54, 1.807) is 36.4 Å². The maximum atomic E-state index is 12.3. The van der Waals surface area contributed by atoms with E-state index in [9.17, 15) is 25.1 Å². The zero-order valence-electron chi connectivity index (χ0n) is 15.5. The van der Waals surface area contributed by atoms with Crippen LogP contribution in [-0.4, -0.2) is 51.3 Å². The number of benzene rings is 2. The van der Waals surface area contributed by atoms with E-state index in [1.165, 1.54) is 12.1 Å². The summed E-state index contributed by atoms with van der Waals surface area (Å²) in [5.74, 6) is -0.784. The van der Waals surface area contributed by atoms with E-state index in [2.05, 4.69) is 4.90 Å². The van der Waals surface area contributed by atoms with Crippen molar-refractivity contribution in [3.05, 3.63) is 65.2 Å². The molecule has 6 nitrogen and oxygen atoms in total. The molecular weight excluding hydrogens is 357 g/mol. The monoisotopic (exact) mass is 381 g/mol. The summed E-state index contributed by atoms with van der Waals surface area (Å²) < 4.78 is 0. The van der Waals surface area contributed by atoms with Gasteiger partial charge in [0.25, 0.3) is 0 Å². The van der Waals surface area contributed by atoms with Crippen LogP contribution in [0, 0.1) is 5.92 Å². The van der Waals surface area contributed by atoms with Crippen molar-refractivity contribution in [3.63, 3.8) is 0 Å². The molecule has 3 aliphatic rings. The number of nitrogens with zero attached hydrogens (tertiary/aromatic N) is 1. The topological polar surface area (TPSA) is 101 Å². The van der Waals surface area contributed by atoms with E-state index in [0.29, 0.717) is 16.9 Å². The highest BCUT2D eigenvalue weighted by Gasteiger charge is 2.45. The Morgan fingerprint density at radius 3 is 2.29 bits per heavy atom. The van der Waals surface area contributed by atoms with Gasteiger partial charge in [-0.2, -0.15) is 0 Å². The number of aliphatic carboxylic acids is 1. The summed E-state index contributed by atoms with van der Waals surface area (Å²) in [6.07, 6.45) is 3.12. The average Bonchev–Trinajstić information content (AvgIpc) is 2.74. The van der Waals surface area contributed by atoms with Gasteiger partial charge in [-0.15, -0.1) is 0 Å². The van der Waals surface area contributed by atoms with Crippen molar-refractivity contribution in [2.45, 2.75) is 30.9 Å². The van der Waals surface area contributed by atoms with Crippen LogP contribution in [0.4, 0.5) is 0 Å². The summed E-state index contributed by atoms with van der Waals surface area (Å²) in [5, 5.41) is 40.7. The molecule has 4 N–H and O–H groups in total. The lowest BCUT2D eigenvalue weighted by atomic mass is 9.72. The molecule has 28 heavy (non-hydrogen) atoms. The first-order chi connectivity index (χ1) is 13.4. The molecule has 2 unspecified atom stereocenters. The standard InChI is InChI=1S/C21H24BNO5/c24-20(25)21(26,15-4-2-1-3-5-15)18-7-6-16(22(27)28)13-17(18)19-12-14-8-10-23(19)11-9-14/h1-7,13-14,19,26-28H,8-12H2,(H,24,25). The molecular formula is C21H24BNO5. The number of piperidine rings is 3. The van der Waals surface area contributed by atoms with Gasteiger partial charge < -0.3 is 20.3 Å². The Bertz CT molecular complexity index is 866. The van der Waals surface area contributed by atoms with Crippen molar-refractivity contribution in [1.29, 1.82) is 0 Å². The van der Waals surface area contributed by atoms with E-state index in [-0.39, 0.29) is 17.2 Å². The van der Waals surface area contributed by atoms with Gasteiger partial charge in [-0.05, 0) is 54.9 Å². The maximum absolute atomic E-state index is 12.3. The molecule has 0 saturated carbocycles. The first-order valence-corrected chi connectivity index (χ1v) is 9.67. The van der Waals surface area contributed by atoms with Crippen LogP contribution in [0.3, 0.4) is 0 Å². The van der Waals surface area contributed by atoms with Crippen LogP contribution in [0.25, 0.3) is 0 Å². The Labute approximate surface area is 164 Å². The minimum Gasteiger partial charge on any atom is -0.479 e. The second-order valence-corrected chi connectivity index (χ2v) is 7.83. The number of aliphatic hydroxyl groups is 1. The predicted molar refractivity (Wildman–Crippen MR) is 105 cm³/mol. The summed E-state index contributed by atoms with van der Waals surface area (Å²) in [4.78, 5) is 14.6. The lowest BCUT2D eigenvalue weighted by Crippen LogP contribution is -2.46. The minimum absolute atomic E-state index is 0.0456. The molecule has 7 heteroatoms. The lowest BCUT2D eigenvalue weighted by molar-refractivity contribution is -0.155. The van der Waals surface area contributed by atoms with Gasteiger partial charge >= 0.3 is 13.1 Å². The molecule has 146 valence electrons. The van der Waals surface area contributed by atoms with Gasteiger partial charge in [0.05, 0.1) is 0 Å². The van der Waals surface area contributed by atoms with Gasteiger partial charge in [-0.25, -0.2) is 4.79 Å². The molecule has 2 aromatic rings. The van der Waals surface area contributed by atoms with Gasteiger partial charge in [0.2, 0.25) is 5.60 Å². The van der Waals surface area contributed by atoms with Crippen LogP contribution in [0.2, 0.25) is 0 Å². The Hall–Kier alpha value is -2.19. The molecule has 2 atom stereocenters. The molecule has 3 fully saturated rings. The number of carbonyl (C=O) groups is 1. The highest BCUT2D eigenvalue weighted by molar-refractivity contribution is 6.58. The van der Waals surface area contributed by atoms with Gasteiger partial charge in [-0.1, -0.05) is 48.5 Å². The molecule has 0 aliphatic carbocycles. The summed E-state index contributed by atoms with van der Waals surface area (Å²) in [6, 6.07) is 12.9. The highest BCUT2D eigenvalue weighted by Crippen LogP contribution is 2.44. The molecule has 3 saturated heterocycles. The van der Waals surface area contributed by atoms with Crippen molar-refractivity contribution in [2.75, 3.05) is 13.1 Å². The molecule has 3 aliphatic heterocycles. The number of rotatable bonds is 5. The van der Waals surface area contributed by atoms with Gasteiger partial charge in [-0.3, -0.25) is 4.90 Å². The molecule has 2 aromatic carbocycles. The van der Waals surface area contributed by atoms with Crippen molar-refractivity contribution in [2.24, 2.45) is 5.92 Å². The molecule has 0 radical (unpaired) electrons. The molecule has 0 aromatic heterocycles. The summed E-state index contributed by atoms with van der Waals surface area (Å²) in [7, 11) is -1.65. The molecule has 0 amide bonds. The average molecular weight is 381 g/mol. The van der Waals surface area contributed by atoms with E-state index in [0.717, 1.165) is 32.4 Å². The fourth-order valence-electron chi connectivity index (χ4n) is 4.71. The first kappa shape index (κ1) is 19.1. The van der Waals surface area contributed by atoms with Crippen LogP contribution in [0.5, 0.6) is 0 Å². The fourth-order valence-corrected chi connectivity index (χ4v) is 4.71. The van der Waals surface area contributed by atoms with Gasteiger partial charge in [0.1, 0.15) is 0 Å². The van der Waals surface area contributed by atoms with Gasteiger partial charge in [0, 0.05) is 11.6 Å². The number of carboxylic acids is 1. The van der Waals surface area contributed by atoms with Crippen LogP contribution in [0.15, 0.2) is 48.5 Å². The van der Waals surface area contributed by atoms with Gasteiger partial charge in [0.15, 0.2) is 0 Å². The minimum atomic E-state index is -2.21. The van der Waals surface area contributed by atoms with Crippen LogP contribution in [0.1, 0.15) is 42.0 Å². The fraction of sp³-hybridized carbons (Fsp3) is 0.381. The highest BCUT2D eigenvalue weighted by atomic mass is 16.4. The Morgan fingerprint density at radius 2 is 1.75 bits per heavy atom. The summed E-state index contributed by atoms with van der Waals surface area (Å²) >= 11 is 0. The first-order valence-electron chi connectivity index (χ1n) is 9.67. The zero-order chi connectivity index (χ0) is 19.9. The smallest absolute Gasteiger partial charge is 0.479 e. The predicted octanol–water partition coefficient (Wildman–Crippen LogP) is 0.844. The normalized spacial score (nSPS) is 25.9. The molecule has 3 heterocycles. The number of fused-ring (bicyclic) bond motifs is 3. The third-order valence-electron chi connectivity index (χ3n) is 6.27. The van der Waals surface area contributed by atoms with Crippen molar-refractivity contribution < 1.29 is 25.1 Å². The van der Waals surface area contributed by atoms with E-state index in [4.69, 9.17) is 0 Å². The molecule has 0 spiro atoms. The van der Waals surface area contributed by atoms with Crippen LogP contribution in [-0.2, 0) is 10.4 Å². The number of hydrogen-bond donors (Lipinski definition) is 4. The van der Waals surface area contributed by atoms with Crippen LogP contribution < -0.4 is 5.46 Å². The molecule has 2 bridgehead atoms. The Morgan fingerprint density at radius 1 is 1.07 bits per heavy atom. The van der Waals surface area contributed by atoms with Crippen LogP contribution >= 0.6 is 0 Å². The summed E-state index contributed by atoms with van der Waals surface area (Å²) in [6.45, 7) is 1.86. The van der Waals surface area contributed by atoms with E-state index >= 15 is 0 Å². The Balaban J connectivity index is 1.89. The number of carboxylic acid groups (broad SMARTS) is 1. The molecule has 5 rings (SSSR count). The van der Waals surface area contributed by atoms with E-state index < -0.39 is 18.7 Å². The van der Waals surface area contributed by atoms with E-state index in [1.807, 2.05) is 0 Å². The summed E-state index contributed by atoms with van der Waals surface area (Å²) in [5.41, 5.74) is -0.705.